The van der Waals surface area contributed by atoms with E-state index < -0.39 is 16.4 Å². The molecule has 0 bridgehead atoms. The Bertz CT molecular complexity index is 1240. The monoisotopic (exact) mass is 517 g/mol. The number of nitrogens with one attached hydrogen (secondary N) is 1. The highest BCUT2D eigenvalue weighted by atomic mass is 32.1. The Morgan fingerprint density at radius 2 is 1.92 bits per heavy atom. The molecule has 3 aromatic rings. The zero-order valence-electron chi connectivity index (χ0n) is 22.1. The normalized spacial score (nSPS) is 12.8. The minimum absolute atomic E-state index is 0.0818. The molecule has 0 aliphatic rings. The third kappa shape index (κ3) is 6.64. The molecule has 0 fully saturated rings. The zero-order valence-corrected chi connectivity index (χ0v) is 23.0. The van der Waals surface area contributed by atoms with Gasteiger partial charge in [-0.1, -0.05) is 13.8 Å². The van der Waals surface area contributed by atoms with Gasteiger partial charge in [0.2, 0.25) is 5.82 Å². The predicted molar refractivity (Wildman–Crippen MR) is 148 cm³/mol. The van der Waals surface area contributed by atoms with Crippen molar-refractivity contribution in [3.63, 3.8) is 0 Å². The second-order valence-electron chi connectivity index (χ2n) is 8.52. The number of hydrogen-bond acceptors (Lipinski definition) is 6. The molecule has 1 aromatic carbocycles. The number of aliphatic imine (C=N–C) groups is 1. The third-order valence-corrected chi connectivity index (χ3v) is 5.90. The van der Waals surface area contributed by atoms with Crippen molar-refractivity contribution in [1.29, 1.82) is 0 Å². The van der Waals surface area contributed by atoms with E-state index in [1.807, 2.05) is 64.4 Å². The number of thiol groups is 1. The van der Waals surface area contributed by atoms with Crippen molar-refractivity contribution >= 4 is 24.0 Å². The van der Waals surface area contributed by atoms with Crippen LogP contribution in [0.4, 0.5) is 8.78 Å². The maximum atomic E-state index is 14.9. The van der Waals surface area contributed by atoms with Gasteiger partial charge in [0.05, 0.1) is 18.5 Å². The molecule has 0 radical (unpaired) electrons. The largest absolute Gasteiger partial charge is 0.489 e. The van der Waals surface area contributed by atoms with Crippen LogP contribution < -0.4 is 15.8 Å². The molecule has 9 heteroatoms. The number of ether oxygens (including phenoxy) is 1. The number of fused-ring (bicyclic) bond motifs is 1. The first kappa shape index (κ1) is 29.3. The number of nitrogens with zero attached hydrogens (tertiary/aromatic N) is 3. The zero-order chi connectivity index (χ0) is 27.0. The van der Waals surface area contributed by atoms with Gasteiger partial charge in [-0.25, -0.2) is 9.37 Å². The first-order valence-corrected chi connectivity index (χ1v) is 12.4. The highest BCUT2D eigenvalue weighted by molar-refractivity contribution is 7.82. The van der Waals surface area contributed by atoms with Gasteiger partial charge < -0.3 is 20.2 Å². The number of pyridine rings is 1. The van der Waals surface area contributed by atoms with Gasteiger partial charge in [0.25, 0.3) is 0 Å². The van der Waals surface area contributed by atoms with Crippen LogP contribution >= 0.6 is 12.6 Å². The van der Waals surface area contributed by atoms with Crippen LogP contribution in [0.25, 0.3) is 16.8 Å². The van der Waals surface area contributed by atoms with Crippen LogP contribution in [-0.2, 0) is 6.54 Å². The molecular weight excluding hydrogens is 480 g/mol. The summed E-state index contributed by atoms with van der Waals surface area (Å²) in [7, 11) is 3.52. The fourth-order valence-electron chi connectivity index (χ4n) is 3.67. The summed E-state index contributed by atoms with van der Waals surface area (Å²) in [4.78, 5) is 8.61. The standard InChI is InChI=1S/C25H31F2N5OS.C2H6/c1-15(30-5)18(24(28)25(2,3)34)10-11-33-23-19(7-8-20(26)22(23)27)16-6-9-21-31-13-17(12-29-4)32(21)14-16;1-2/h6-9,13-14,29,34H,10-12,28H2,1-5H3;1-2H3/b24-18-,30-15?;. The Hall–Kier alpha value is -2.91. The molecular formula is C27H37F2N5OS. The third-order valence-electron chi connectivity index (χ3n) is 5.66. The first-order valence-electron chi connectivity index (χ1n) is 12.0. The lowest BCUT2D eigenvalue weighted by Gasteiger charge is -2.23. The smallest absolute Gasteiger partial charge is 0.201 e. The average Bonchev–Trinajstić information content (AvgIpc) is 3.26. The molecule has 3 N–H and O–H groups in total. The van der Waals surface area contributed by atoms with E-state index in [0.717, 1.165) is 28.7 Å². The fourth-order valence-corrected chi connectivity index (χ4v) is 3.81. The van der Waals surface area contributed by atoms with Gasteiger partial charge in [-0.15, -0.1) is 0 Å². The Kier molecular flexibility index (Phi) is 10.5. The first-order chi connectivity index (χ1) is 17.1. The van der Waals surface area contributed by atoms with Gasteiger partial charge in [-0.3, -0.25) is 4.99 Å². The van der Waals surface area contributed by atoms with Crippen LogP contribution in [0.3, 0.4) is 0 Å². The van der Waals surface area contributed by atoms with Gasteiger partial charge in [-0.05, 0) is 57.7 Å². The highest BCUT2D eigenvalue weighted by Crippen LogP contribution is 2.35. The molecule has 0 aliphatic heterocycles. The van der Waals surface area contributed by atoms with Crippen LogP contribution in [0.5, 0.6) is 5.75 Å². The summed E-state index contributed by atoms with van der Waals surface area (Å²) >= 11 is 4.56. The van der Waals surface area contributed by atoms with E-state index in [-0.39, 0.29) is 12.4 Å². The number of imidazole rings is 1. The van der Waals surface area contributed by atoms with E-state index in [9.17, 15) is 8.78 Å². The number of nitrogens with two attached hydrogens (primary N) is 1. The molecule has 0 saturated carbocycles. The van der Waals surface area contributed by atoms with Crippen molar-refractivity contribution in [2.75, 3.05) is 20.7 Å². The van der Waals surface area contributed by atoms with E-state index in [4.69, 9.17) is 10.5 Å². The maximum Gasteiger partial charge on any atom is 0.201 e. The van der Waals surface area contributed by atoms with Gasteiger partial charge in [0, 0.05) is 53.5 Å². The lowest BCUT2D eigenvalue weighted by molar-refractivity contribution is 0.301. The lowest BCUT2D eigenvalue weighted by atomic mass is 9.98. The van der Waals surface area contributed by atoms with Crippen LogP contribution in [0, 0.1) is 11.6 Å². The Balaban J connectivity index is 0.00000222. The average molecular weight is 518 g/mol. The van der Waals surface area contributed by atoms with Crippen LogP contribution in [0.1, 0.15) is 46.7 Å². The molecule has 0 spiro atoms. The Morgan fingerprint density at radius 1 is 1.22 bits per heavy atom. The van der Waals surface area contributed by atoms with Crippen LogP contribution in [-0.4, -0.2) is 40.5 Å². The van der Waals surface area contributed by atoms with Gasteiger partial charge in [0.1, 0.15) is 5.65 Å². The number of benzene rings is 1. The molecule has 2 heterocycles. The second kappa shape index (κ2) is 12.9. The fraction of sp³-hybridized carbons (Fsp3) is 0.407. The summed E-state index contributed by atoms with van der Waals surface area (Å²) in [5, 5.41) is 3.10. The lowest BCUT2D eigenvalue weighted by Crippen LogP contribution is -2.26. The van der Waals surface area contributed by atoms with Crippen LogP contribution in [0.2, 0.25) is 0 Å². The SMILES string of the molecule is CC.CN=C(C)/C(CCOc1c(-c2ccc3ncc(CNC)n3c2)ccc(F)c1F)=C(\N)C(C)(C)S. The van der Waals surface area contributed by atoms with E-state index in [0.29, 0.717) is 29.8 Å². The molecule has 6 nitrogen and oxygen atoms in total. The van der Waals surface area contributed by atoms with E-state index in [1.165, 1.54) is 6.07 Å². The molecule has 196 valence electrons. The van der Waals surface area contributed by atoms with Gasteiger partial charge in [0.15, 0.2) is 11.6 Å². The Labute approximate surface area is 218 Å². The van der Waals surface area contributed by atoms with Crippen LogP contribution in [0.15, 0.2) is 52.9 Å². The van der Waals surface area contributed by atoms with E-state index >= 15 is 0 Å². The summed E-state index contributed by atoms with van der Waals surface area (Å²) in [6.07, 6.45) is 3.98. The maximum absolute atomic E-state index is 14.9. The van der Waals surface area contributed by atoms with Crippen molar-refractivity contribution in [3.8, 4) is 16.9 Å². The molecule has 0 aliphatic carbocycles. The molecule has 0 atom stereocenters. The number of rotatable bonds is 9. The van der Waals surface area contributed by atoms with Gasteiger partial charge >= 0.3 is 0 Å². The Morgan fingerprint density at radius 3 is 2.53 bits per heavy atom. The van der Waals surface area contributed by atoms with E-state index in [2.05, 4.69) is 27.9 Å². The minimum Gasteiger partial charge on any atom is -0.489 e. The minimum atomic E-state index is -1.03. The summed E-state index contributed by atoms with van der Waals surface area (Å²) in [6.45, 7) is 10.3. The highest BCUT2D eigenvalue weighted by Gasteiger charge is 2.22. The molecule has 0 saturated heterocycles. The summed E-state index contributed by atoms with van der Waals surface area (Å²) in [6, 6.07) is 6.26. The summed E-state index contributed by atoms with van der Waals surface area (Å²) < 4.78 is 36.2. The molecule has 3 rings (SSSR count). The van der Waals surface area contributed by atoms with Gasteiger partial charge in [-0.2, -0.15) is 17.0 Å². The van der Waals surface area contributed by atoms with Crippen molar-refractivity contribution < 1.29 is 13.5 Å². The molecule has 0 amide bonds. The molecule has 36 heavy (non-hydrogen) atoms. The second-order valence-corrected chi connectivity index (χ2v) is 9.64. The summed E-state index contributed by atoms with van der Waals surface area (Å²) in [5.41, 5.74) is 11.2. The summed E-state index contributed by atoms with van der Waals surface area (Å²) in [5.74, 6) is -2.16. The molecule has 0 unspecified atom stereocenters. The number of halogens is 2. The van der Waals surface area contributed by atoms with Crippen molar-refractivity contribution in [1.82, 2.24) is 14.7 Å². The predicted octanol–water partition coefficient (Wildman–Crippen LogP) is 5.81. The number of hydrogen-bond donors (Lipinski definition) is 3. The quantitative estimate of drug-likeness (QED) is 0.247. The van der Waals surface area contributed by atoms with Crippen molar-refractivity contribution in [2.45, 2.75) is 52.3 Å². The van der Waals surface area contributed by atoms with E-state index in [1.54, 1.807) is 13.2 Å². The molecule has 2 aromatic heterocycles. The topological polar surface area (TPSA) is 76.9 Å². The van der Waals surface area contributed by atoms with Crippen molar-refractivity contribution in [3.05, 3.63) is 65.3 Å². The van der Waals surface area contributed by atoms with Crippen molar-refractivity contribution in [2.24, 2.45) is 10.7 Å². The number of aromatic nitrogens is 2.